The van der Waals surface area contributed by atoms with Crippen molar-refractivity contribution in [2.24, 2.45) is 5.92 Å². The highest BCUT2D eigenvalue weighted by molar-refractivity contribution is 6.31. The molecule has 2 aromatic rings. The van der Waals surface area contributed by atoms with Gasteiger partial charge in [-0.2, -0.15) is 5.10 Å². The second-order valence-electron chi connectivity index (χ2n) is 5.34. The van der Waals surface area contributed by atoms with E-state index in [4.69, 9.17) is 16.3 Å². The molecular weight excluding hydrogens is 302 g/mol. The number of carbonyl (C=O) groups excluding carboxylic acids is 1. The summed E-state index contributed by atoms with van der Waals surface area (Å²) in [5, 5.41) is 7.78. The van der Waals surface area contributed by atoms with E-state index in [1.54, 1.807) is 25.3 Å². The van der Waals surface area contributed by atoms with Gasteiger partial charge in [-0.05, 0) is 38.1 Å². The average Bonchev–Trinajstić information content (AvgIpc) is 2.77. The van der Waals surface area contributed by atoms with E-state index in [2.05, 4.69) is 10.4 Å². The van der Waals surface area contributed by atoms with E-state index >= 15 is 0 Å². The van der Waals surface area contributed by atoms with Crippen LogP contribution in [0.3, 0.4) is 0 Å². The molecule has 0 aliphatic heterocycles. The predicted octanol–water partition coefficient (Wildman–Crippen LogP) is 3.44. The highest BCUT2D eigenvalue weighted by Crippen LogP contribution is 2.28. The van der Waals surface area contributed by atoms with Crippen LogP contribution in [0.25, 0.3) is 0 Å². The molecule has 1 atom stereocenters. The van der Waals surface area contributed by atoms with Crippen molar-refractivity contribution in [3.63, 3.8) is 0 Å². The second-order valence-corrected chi connectivity index (χ2v) is 5.78. The summed E-state index contributed by atoms with van der Waals surface area (Å²) in [7, 11) is 1.55. The van der Waals surface area contributed by atoms with Crippen LogP contribution in [-0.4, -0.2) is 22.8 Å². The van der Waals surface area contributed by atoms with Crippen molar-refractivity contribution in [1.29, 1.82) is 0 Å². The minimum absolute atomic E-state index is 0.104. The first-order chi connectivity index (χ1) is 10.4. The summed E-state index contributed by atoms with van der Waals surface area (Å²) in [6, 6.07) is 7.11. The summed E-state index contributed by atoms with van der Waals surface area (Å²) >= 11 is 5.97. The van der Waals surface area contributed by atoms with E-state index in [9.17, 15) is 4.79 Å². The molecule has 1 N–H and O–H groups in total. The average molecular weight is 322 g/mol. The van der Waals surface area contributed by atoms with Crippen molar-refractivity contribution in [1.82, 2.24) is 9.78 Å². The van der Waals surface area contributed by atoms with Crippen LogP contribution in [0.15, 0.2) is 24.3 Å². The van der Waals surface area contributed by atoms with E-state index in [0.717, 1.165) is 11.4 Å². The molecule has 0 aliphatic rings. The first-order valence-electron chi connectivity index (χ1n) is 7.06. The third-order valence-corrected chi connectivity index (χ3v) is 3.65. The minimum Gasteiger partial charge on any atom is -0.495 e. The Hall–Kier alpha value is -2.01. The van der Waals surface area contributed by atoms with Crippen LogP contribution in [0.5, 0.6) is 5.75 Å². The molecule has 6 heteroatoms. The first-order valence-corrected chi connectivity index (χ1v) is 7.44. The highest BCUT2D eigenvalue weighted by Gasteiger charge is 2.17. The van der Waals surface area contributed by atoms with Crippen LogP contribution in [-0.2, 0) is 11.3 Å². The largest absolute Gasteiger partial charge is 0.495 e. The summed E-state index contributed by atoms with van der Waals surface area (Å²) in [5.41, 5.74) is 2.55. The smallest absolute Gasteiger partial charge is 0.229 e. The third-order valence-electron chi connectivity index (χ3n) is 3.42. The Bertz CT molecular complexity index is 682. The molecule has 2 rings (SSSR count). The lowest BCUT2D eigenvalue weighted by molar-refractivity contribution is -0.119. The lowest BCUT2D eigenvalue weighted by Crippen LogP contribution is -2.25. The number of aryl methyl sites for hydroxylation is 2. The van der Waals surface area contributed by atoms with Gasteiger partial charge in [0.15, 0.2) is 0 Å². The number of rotatable bonds is 5. The van der Waals surface area contributed by atoms with Gasteiger partial charge in [0, 0.05) is 10.7 Å². The standard InChI is InChI=1S/C16H20ClN3O2/c1-10(9-20-12(3)7-11(2)19-20)16(21)18-14-8-13(17)5-6-15(14)22-4/h5-8,10H,9H2,1-4H3,(H,18,21)/t10-/m1/s1. The maximum absolute atomic E-state index is 12.4. The number of nitrogens with zero attached hydrogens (tertiary/aromatic N) is 2. The molecule has 1 aromatic heterocycles. The van der Waals surface area contributed by atoms with Crippen molar-refractivity contribution in [3.8, 4) is 5.75 Å². The third kappa shape index (κ3) is 3.80. The Labute approximate surface area is 135 Å². The van der Waals surface area contributed by atoms with Crippen LogP contribution in [0.1, 0.15) is 18.3 Å². The number of aromatic nitrogens is 2. The van der Waals surface area contributed by atoms with Crippen molar-refractivity contribution in [2.45, 2.75) is 27.3 Å². The number of hydrogen-bond acceptors (Lipinski definition) is 3. The van der Waals surface area contributed by atoms with Crippen molar-refractivity contribution in [3.05, 3.63) is 40.7 Å². The molecule has 22 heavy (non-hydrogen) atoms. The number of hydrogen-bond donors (Lipinski definition) is 1. The summed E-state index contributed by atoms with van der Waals surface area (Å²) in [6.07, 6.45) is 0. The molecule has 0 bridgehead atoms. The van der Waals surface area contributed by atoms with Crippen molar-refractivity contribution >= 4 is 23.2 Å². The quantitative estimate of drug-likeness (QED) is 0.917. The van der Waals surface area contributed by atoms with Crippen LogP contribution in [0, 0.1) is 19.8 Å². The number of amides is 1. The fourth-order valence-electron chi connectivity index (χ4n) is 2.24. The lowest BCUT2D eigenvalue weighted by atomic mass is 10.1. The highest BCUT2D eigenvalue weighted by atomic mass is 35.5. The molecule has 0 fully saturated rings. The summed E-state index contributed by atoms with van der Waals surface area (Å²) in [4.78, 5) is 12.4. The lowest BCUT2D eigenvalue weighted by Gasteiger charge is -2.15. The van der Waals surface area contributed by atoms with Gasteiger partial charge in [-0.1, -0.05) is 18.5 Å². The molecule has 0 unspecified atom stereocenters. The Kier molecular flexibility index (Phi) is 5.08. The molecular formula is C16H20ClN3O2. The zero-order valence-electron chi connectivity index (χ0n) is 13.2. The normalized spacial score (nSPS) is 12.0. The van der Waals surface area contributed by atoms with Crippen LogP contribution in [0.4, 0.5) is 5.69 Å². The number of nitrogens with one attached hydrogen (secondary N) is 1. The Morgan fingerprint density at radius 2 is 2.14 bits per heavy atom. The van der Waals surface area contributed by atoms with E-state index in [0.29, 0.717) is 23.0 Å². The van der Waals surface area contributed by atoms with Gasteiger partial charge in [0.05, 0.1) is 31.0 Å². The number of anilines is 1. The molecule has 0 saturated heterocycles. The zero-order chi connectivity index (χ0) is 16.3. The maximum Gasteiger partial charge on any atom is 0.229 e. The molecule has 1 heterocycles. The first kappa shape index (κ1) is 16.4. The fraction of sp³-hybridized carbons (Fsp3) is 0.375. The predicted molar refractivity (Wildman–Crippen MR) is 87.5 cm³/mol. The van der Waals surface area contributed by atoms with Crippen molar-refractivity contribution in [2.75, 3.05) is 12.4 Å². The molecule has 1 aromatic carbocycles. The van der Waals surface area contributed by atoms with E-state index < -0.39 is 0 Å². The number of halogens is 1. The Morgan fingerprint density at radius 1 is 1.41 bits per heavy atom. The van der Waals surface area contributed by atoms with Gasteiger partial charge in [-0.15, -0.1) is 0 Å². The molecule has 0 radical (unpaired) electrons. The molecule has 118 valence electrons. The second kappa shape index (κ2) is 6.83. The topological polar surface area (TPSA) is 56.1 Å². The molecule has 0 aliphatic carbocycles. The molecule has 5 nitrogen and oxygen atoms in total. The number of ether oxygens (including phenoxy) is 1. The van der Waals surface area contributed by atoms with Gasteiger partial charge in [-0.3, -0.25) is 9.48 Å². The number of carbonyl (C=O) groups is 1. The Balaban J connectivity index is 2.08. The Morgan fingerprint density at radius 3 is 2.73 bits per heavy atom. The monoisotopic (exact) mass is 321 g/mol. The van der Waals surface area contributed by atoms with Gasteiger partial charge in [0.2, 0.25) is 5.91 Å². The number of methoxy groups -OCH3 is 1. The summed E-state index contributed by atoms with van der Waals surface area (Å²) in [6.45, 7) is 6.30. The number of benzene rings is 1. The maximum atomic E-state index is 12.4. The summed E-state index contributed by atoms with van der Waals surface area (Å²) in [5.74, 6) is 0.242. The SMILES string of the molecule is COc1ccc(Cl)cc1NC(=O)[C@H](C)Cn1nc(C)cc1C. The van der Waals surface area contributed by atoms with Gasteiger partial charge in [0.25, 0.3) is 0 Å². The van der Waals surface area contributed by atoms with E-state index in [1.807, 2.05) is 31.5 Å². The molecule has 0 saturated carbocycles. The van der Waals surface area contributed by atoms with Gasteiger partial charge >= 0.3 is 0 Å². The van der Waals surface area contributed by atoms with Crippen molar-refractivity contribution < 1.29 is 9.53 Å². The van der Waals surface area contributed by atoms with Gasteiger partial charge in [0.1, 0.15) is 5.75 Å². The van der Waals surface area contributed by atoms with Gasteiger partial charge in [-0.25, -0.2) is 0 Å². The van der Waals surface area contributed by atoms with Crippen LogP contribution < -0.4 is 10.1 Å². The summed E-state index contributed by atoms with van der Waals surface area (Å²) < 4.78 is 7.07. The van der Waals surface area contributed by atoms with Crippen LogP contribution >= 0.6 is 11.6 Å². The minimum atomic E-state index is -0.235. The van der Waals surface area contributed by atoms with Crippen LogP contribution in [0.2, 0.25) is 5.02 Å². The zero-order valence-corrected chi connectivity index (χ0v) is 13.9. The van der Waals surface area contributed by atoms with Gasteiger partial charge < -0.3 is 10.1 Å². The van der Waals surface area contributed by atoms with E-state index in [-0.39, 0.29) is 11.8 Å². The van der Waals surface area contributed by atoms with E-state index in [1.165, 1.54) is 0 Å². The fourth-order valence-corrected chi connectivity index (χ4v) is 2.41. The molecule has 1 amide bonds. The molecule has 0 spiro atoms.